The molecule has 0 aromatic heterocycles. The molecule has 2 aromatic rings. The minimum absolute atomic E-state index is 0.0151. The molecule has 0 radical (unpaired) electrons. The first-order chi connectivity index (χ1) is 13.8. The molecule has 1 heterocycles. The summed E-state index contributed by atoms with van der Waals surface area (Å²) < 4.78 is 0. The maximum absolute atomic E-state index is 12.4. The van der Waals surface area contributed by atoms with E-state index in [2.05, 4.69) is 61.5 Å². The highest BCUT2D eigenvalue weighted by molar-refractivity contribution is 6.80. The monoisotopic (exact) mass is 408 g/mol. The molecule has 29 heavy (non-hydrogen) atoms. The van der Waals surface area contributed by atoms with Crippen LogP contribution in [-0.2, 0) is 22.8 Å². The predicted molar refractivity (Wildman–Crippen MR) is 122 cm³/mol. The molecule has 0 saturated carbocycles. The van der Waals surface area contributed by atoms with Crippen molar-refractivity contribution in [2.24, 2.45) is 0 Å². The van der Waals surface area contributed by atoms with Crippen molar-refractivity contribution in [1.29, 1.82) is 0 Å². The van der Waals surface area contributed by atoms with Gasteiger partial charge in [0, 0.05) is 17.8 Å². The van der Waals surface area contributed by atoms with Gasteiger partial charge in [0.1, 0.15) is 5.78 Å². The summed E-state index contributed by atoms with van der Waals surface area (Å²) in [5.41, 5.74) is 4.71. The van der Waals surface area contributed by atoms with Gasteiger partial charge in [-0.15, -0.1) is 6.58 Å². The van der Waals surface area contributed by atoms with Gasteiger partial charge in [-0.25, -0.2) is 0 Å². The Hall–Kier alpha value is -2.21. The van der Waals surface area contributed by atoms with Gasteiger partial charge >= 0.3 is 0 Å². The summed E-state index contributed by atoms with van der Waals surface area (Å²) in [4.78, 5) is 20.8. The van der Waals surface area contributed by atoms with Gasteiger partial charge in [-0.2, -0.15) is 5.06 Å². The molecule has 5 heteroatoms. The largest absolute Gasteiger partial charge is 0.352 e. The van der Waals surface area contributed by atoms with Gasteiger partial charge in [0.2, 0.25) is 0 Å². The Balaban J connectivity index is 1.86. The van der Waals surface area contributed by atoms with E-state index in [0.717, 1.165) is 17.7 Å². The number of Topliss-reactive ketones (excluding diaryl/α,β-unsaturated/α-hetero) is 1. The number of anilines is 1. The molecule has 1 aliphatic rings. The zero-order valence-corrected chi connectivity index (χ0v) is 19.0. The second-order valence-corrected chi connectivity index (χ2v) is 14.2. The van der Waals surface area contributed by atoms with Gasteiger partial charge in [0.25, 0.3) is 0 Å². The average Bonchev–Trinajstić information content (AvgIpc) is 2.66. The smallest absolute Gasteiger partial charge is 0.134 e. The molecule has 0 N–H and O–H groups in total. The van der Waals surface area contributed by atoms with Crippen molar-refractivity contribution in [2.75, 3.05) is 18.1 Å². The predicted octanol–water partition coefficient (Wildman–Crippen LogP) is 5.13. The molecular weight excluding hydrogens is 376 g/mol. The van der Waals surface area contributed by atoms with Gasteiger partial charge in [-0.05, 0) is 29.7 Å². The SMILES string of the molecule is C=CCN1CN(OCc2ccccc2)Cc2cc(C(C(C)=O)[Si](C)(C)C)ccc21. The van der Waals surface area contributed by atoms with E-state index in [-0.39, 0.29) is 11.3 Å². The second kappa shape index (κ2) is 9.07. The Morgan fingerprint density at radius 1 is 1.21 bits per heavy atom. The first-order valence-corrected chi connectivity index (χ1v) is 13.8. The molecule has 1 unspecified atom stereocenters. The van der Waals surface area contributed by atoms with E-state index < -0.39 is 8.07 Å². The van der Waals surface area contributed by atoms with E-state index in [0.29, 0.717) is 19.8 Å². The van der Waals surface area contributed by atoms with Gasteiger partial charge < -0.3 is 4.90 Å². The van der Waals surface area contributed by atoms with E-state index in [1.807, 2.05) is 29.3 Å². The van der Waals surface area contributed by atoms with Crippen molar-refractivity contribution in [3.05, 3.63) is 77.9 Å². The molecule has 0 bridgehead atoms. The molecular formula is C24H32N2O2Si. The molecule has 1 atom stereocenters. The van der Waals surface area contributed by atoms with E-state index in [1.54, 1.807) is 6.92 Å². The maximum atomic E-state index is 12.4. The summed E-state index contributed by atoms with van der Waals surface area (Å²) in [5.74, 6) is 0.264. The molecule has 0 spiro atoms. The Bertz CT molecular complexity index is 861. The zero-order valence-electron chi connectivity index (χ0n) is 18.0. The van der Waals surface area contributed by atoms with E-state index in [4.69, 9.17) is 4.84 Å². The van der Waals surface area contributed by atoms with Crippen LogP contribution in [0.25, 0.3) is 0 Å². The lowest BCUT2D eigenvalue weighted by atomic mass is 10.0. The maximum Gasteiger partial charge on any atom is 0.134 e. The van der Waals surface area contributed by atoms with Gasteiger partial charge in [0.05, 0.1) is 27.9 Å². The lowest BCUT2D eigenvalue weighted by molar-refractivity contribution is -0.179. The number of rotatable bonds is 8. The molecule has 4 nitrogen and oxygen atoms in total. The summed E-state index contributed by atoms with van der Waals surface area (Å²) in [7, 11) is -1.67. The third-order valence-electron chi connectivity index (χ3n) is 5.33. The second-order valence-electron chi connectivity index (χ2n) is 8.85. The first-order valence-electron chi connectivity index (χ1n) is 10.2. The third kappa shape index (κ3) is 5.24. The highest BCUT2D eigenvalue weighted by Gasteiger charge is 2.33. The van der Waals surface area contributed by atoms with Crippen molar-refractivity contribution >= 4 is 19.5 Å². The van der Waals surface area contributed by atoms with Crippen LogP contribution in [0.3, 0.4) is 0 Å². The number of carbonyl (C=O) groups excluding carboxylic acids is 1. The summed E-state index contributed by atoms with van der Waals surface area (Å²) in [5, 5.41) is 2.00. The van der Waals surface area contributed by atoms with Gasteiger partial charge in [-0.1, -0.05) is 68.2 Å². The van der Waals surface area contributed by atoms with Crippen LogP contribution in [-0.4, -0.2) is 32.1 Å². The van der Waals surface area contributed by atoms with E-state index >= 15 is 0 Å². The summed E-state index contributed by atoms with van der Waals surface area (Å²) in [6, 6.07) is 16.7. The lowest BCUT2D eigenvalue weighted by Crippen LogP contribution is -2.42. The number of benzene rings is 2. The Labute approximate surface area is 175 Å². The number of hydroxylamine groups is 2. The average molecular weight is 409 g/mol. The number of fused-ring (bicyclic) bond motifs is 1. The van der Waals surface area contributed by atoms with Crippen LogP contribution in [0.5, 0.6) is 0 Å². The van der Waals surface area contributed by atoms with Crippen LogP contribution in [0.1, 0.15) is 29.2 Å². The molecule has 0 aliphatic carbocycles. The molecule has 3 rings (SSSR count). The van der Waals surface area contributed by atoms with Crippen molar-refractivity contribution in [2.45, 2.75) is 45.3 Å². The number of hydrogen-bond acceptors (Lipinski definition) is 4. The summed E-state index contributed by atoms with van der Waals surface area (Å²) in [6.07, 6.45) is 1.92. The molecule has 0 amide bonds. The number of carbonyl (C=O) groups is 1. The normalized spacial score (nSPS) is 15.7. The Morgan fingerprint density at radius 2 is 1.93 bits per heavy atom. The fourth-order valence-electron chi connectivity index (χ4n) is 4.21. The van der Waals surface area contributed by atoms with Gasteiger partial charge in [-0.3, -0.25) is 9.63 Å². The molecule has 2 aromatic carbocycles. The van der Waals surface area contributed by atoms with Crippen molar-refractivity contribution < 1.29 is 9.63 Å². The minimum atomic E-state index is -1.67. The number of nitrogens with zero attached hydrogens (tertiary/aromatic N) is 2. The van der Waals surface area contributed by atoms with E-state index in [1.165, 1.54) is 11.3 Å². The highest BCUT2D eigenvalue weighted by atomic mass is 28.3. The lowest BCUT2D eigenvalue weighted by Gasteiger charge is -2.38. The summed E-state index contributed by atoms with van der Waals surface area (Å²) in [6.45, 7) is 15.1. The topological polar surface area (TPSA) is 32.8 Å². The fourth-order valence-corrected chi connectivity index (χ4v) is 6.61. The van der Waals surface area contributed by atoms with E-state index in [9.17, 15) is 4.79 Å². The standard InChI is InChI=1S/C24H32N2O2Si/c1-6-14-25-18-26(28-17-20-10-8-7-9-11-20)16-22-15-21(12-13-23(22)25)24(19(2)27)29(3,4)5/h6-13,15,24H,1,14,16-18H2,2-5H3. The van der Waals surface area contributed by atoms with Crippen LogP contribution in [0.15, 0.2) is 61.2 Å². The van der Waals surface area contributed by atoms with Crippen LogP contribution >= 0.6 is 0 Å². The summed E-state index contributed by atoms with van der Waals surface area (Å²) >= 11 is 0. The van der Waals surface area contributed by atoms with Crippen LogP contribution in [0, 0.1) is 0 Å². The first kappa shape index (κ1) is 21.5. The zero-order chi connectivity index (χ0) is 21.0. The molecule has 1 aliphatic heterocycles. The van der Waals surface area contributed by atoms with Crippen LogP contribution in [0.4, 0.5) is 5.69 Å². The number of hydrogen-bond donors (Lipinski definition) is 0. The van der Waals surface area contributed by atoms with Crippen LogP contribution < -0.4 is 4.90 Å². The third-order valence-corrected chi connectivity index (χ3v) is 7.80. The molecule has 0 fully saturated rings. The molecule has 154 valence electrons. The molecule has 0 saturated heterocycles. The van der Waals surface area contributed by atoms with Crippen LogP contribution in [0.2, 0.25) is 19.6 Å². The number of ketones is 1. The fraction of sp³-hybridized carbons (Fsp3) is 0.375. The highest BCUT2D eigenvalue weighted by Crippen LogP contribution is 2.34. The van der Waals surface area contributed by atoms with Crippen molar-refractivity contribution in [1.82, 2.24) is 5.06 Å². The minimum Gasteiger partial charge on any atom is -0.352 e. The van der Waals surface area contributed by atoms with Crippen molar-refractivity contribution in [3.8, 4) is 0 Å². The van der Waals surface area contributed by atoms with Crippen molar-refractivity contribution in [3.63, 3.8) is 0 Å². The quantitative estimate of drug-likeness (QED) is 0.448. The van der Waals surface area contributed by atoms with Gasteiger partial charge in [0.15, 0.2) is 0 Å². The Kier molecular flexibility index (Phi) is 6.73. The Morgan fingerprint density at radius 3 is 2.55 bits per heavy atom.